The second kappa shape index (κ2) is 7.29. The van der Waals surface area contributed by atoms with Gasteiger partial charge in [0, 0.05) is 57.5 Å². The number of piperazine rings is 1. The maximum Gasteiger partial charge on any atom is 0.160 e. The van der Waals surface area contributed by atoms with Gasteiger partial charge in [0.1, 0.15) is 12.1 Å². The number of fused-ring (bicyclic) bond motifs is 2. The largest absolute Gasteiger partial charge is 0.369 e. The molecule has 0 bridgehead atoms. The zero-order chi connectivity index (χ0) is 19.8. The molecule has 0 unspecified atom stereocenters. The van der Waals surface area contributed by atoms with Crippen molar-refractivity contribution < 1.29 is 0 Å². The van der Waals surface area contributed by atoms with Crippen molar-refractivity contribution in [3.63, 3.8) is 0 Å². The lowest BCUT2D eigenvalue weighted by Crippen LogP contribution is -2.46. The highest BCUT2D eigenvalue weighted by Gasteiger charge is 2.20. The maximum absolute atomic E-state index is 4.44. The zero-order valence-electron chi connectivity index (χ0n) is 16.7. The molecular weight excluding hydrogens is 364 g/mol. The summed E-state index contributed by atoms with van der Waals surface area (Å²) >= 11 is 0. The molecule has 1 aliphatic heterocycles. The Balaban J connectivity index is 1.31. The van der Waals surface area contributed by atoms with Crippen molar-refractivity contribution >= 4 is 28.1 Å². The van der Waals surface area contributed by atoms with Gasteiger partial charge in [-0.15, -0.1) is 10.2 Å². The van der Waals surface area contributed by atoms with E-state index in [1.807, 2.05) is 43.4 Å². The highest BCUT2D eigenvalue weighted by atomic mass is 15.3. The Kier molecular flexibility index (Phi) is 4.48. The van der Waals surface area contributed by atoms with Crippen LogP contribution in [0, 0.1) is 0 Å². The summed E-state index contributed by atoms with van der Waals surface area (Å²) in [4.78, 5) is 15.8. The molecule has 0 radical (unpaired) electrons. The SMILES string of the molecule is CN(C)c1ncnc2ccc(N3CCN(Cc4nnc5ccccn45)CC3)cc12. The second-order valence-corrected chi connectivity index (χ2v) is 7.60. The van der Waals surface area contributed by atoms with Crippen molar-refractivity contribution in [2.24, 2.45) is 0 Å². The predicted molar refractivity (Wildman–Crippen MR) is 114 cm³/mol. The Labute approximate surface area is 169 Å². The van der Waals surface area contributed by atoms with Crippen LogP contribution >= 0.6 is 0 Å². The first-order valence-corrected chi connectivity index (χ1v) is 9.87. The van der Waals surface area contributed by atoms with Gasteiger partial charge in [0.15, 0.2) is 11.5 Å². The van der Waals surface area contributed by atoms with Crippen molar-refractivity contribution in [2.45, 2.75) is 6.54 Å². The van der Waals surface area contributed by atoms with Crippen LogP contribution in [0.3, 0.4) is 0 Å². The minimum atomic E-state index is 0.815. The lowest BCUT2D eigenvalue weighted by atomic mass is 10.1. The Morgan fingerprint density at radius 3 is 2.66 bits per heavy atom. The molecule has 1 fully saturated rings. The van der Waals surface area contributed by atoms with Gasteiger partial charge in [0.05, 0.1) is 12.1 Å². The molecule has 1 saturated heterocycles. The average molecular weight is 388 g/mol. The molecule has 5 rings (SSSR count). The molecule has 0 spiro atoms. The van der Waals surface area contributed by atoms with Gasteiger partial charge < -0.3 is 9.80 Å². The van der Waals surface area contributed by atoms with Crippen molar-refractivity contribution in [2.75, 3.05) is 50.1 Å². The fourth-order valence-corrected chi connectivity index (χ4v) is 3.95. The lowest BCUT2D eigenvalue weighted by Gasteiger charge is -2.35. The smallest absolute Gasteiger partial charge is 0.160 e. The molecule has 3 aromatic heterocycles. The fourth-order valence-electron chi connectivity index (χ4n) is 3.95. The Morgan fingerprint density at radius 1 is 0.966 bits per heavy atom. The zero-order valence-corrected chi connectivity index (χ0v) is 16.7. The van der Waals surface area contributed by atoms with Crippen molar-refractivity contribution in [1.82, 2.24) is 29.5 Å². The number of benzene rings is 1. The van der Waals surface area contributed by atoms with Gasteiger partial charge in [-0.05, 0) is 30.3 Å². The number of hydrogen-bond donors (Lipinski definition) is 0. The number of aromatic nitrogens is 5. The molecular formula is C21H24N8. The predicted octanol–water partition coefficient (Wildman–Crippen LogP) is 2.06. The van der Waals surface area contributed by atoms with Gasteiger partial charge >= 0.3 is 0 Å². The molecule has 148 valence electrons. The summed E-state index contributed by atoms with van der Waals surface area (Å²) in [6.45, 7) is 4.76. The molecule has 4 aromatic rings. The summed E-state index contributed by atoms with van der Waals surface area (Å²) in [6, 6.07) is 12.5. The number of pyridine rings is 1. The van der Waals surface area contributed by atoms with Crippen molar-refractivity contribution in [3.05, 3.63) is 54.7 Å². The molecule has 1 aliphatic rings. The van der Waals surface area contributed by atoms with E-state index >= 15 is 0 Å². The Hall–Kier alpha value is -3.26. The van der Waals surface area contributed by atoms with E-state index in [0.717, 1.165) is 60.9 Å². The maximum atomic E-state index is 4.44. The molecule has 8 nitrogen and oxygen atoms in total. The molecule has 0 amide bonds. The summed E-state index contributed by atoms with van der Waals surface area (Å²) in [5.41, 5.74) is 3.10. The van der Waals surface area contributed by atoms with Crippen LogP contribution in [0.4, 0.5) is 11.5 Å². The first-order valence-electron chi connectivity index (χ1n) is 9.87. The molecule has 0 N–H and O–H groups in total. The first-order chi connectivity index (χ1) is 14.2. The van der Waals surface area contributed by atoms with Gasteiger partial charge in [-0.1, -0.05) is 6.07 Å². The van der Waals surface area contributed by atoms with Crippen molar-refractivity contribution in [3.8, 4) is 0 Å². The monoisotopic (exact) mass is 388 g/mol. The summed E-state index contributed by atoms with van der Waals surface area (Å²) in [5.74, 6) is 1.95. The molecule has 1 aromatic carbocycles. The Morgan fingerprint density at radius 2 is 1.83 bits per heavy atom. The third-order valence-electron chi connectivity index (χ3n) is 5.51. The van der Waals surface area contributed by atoms with Crippen LogP contribution in [0.15, 0.2) is 48.9 Å². The molecule has 8 heteroatoms. The van der Waals surface area contributed by atoms with E-state index in [1.165, 1.54) is 5.69 Å². The van der Waals surface area contributed by atoms with Gasteiger partial charge in [0.25, 0.3) is 0 Å². The van der Waals surface area contributed by atoms with Crippen LogP contribution in [0.1, 0.15) is 5.82 Å². The van der Waals surface area contributed by atoms with Crippen LogP contribution in [-0.4, -0.2) is 69.7 Å². The van der Waals surface area contributed by atoms with E-state index in [9.17, 15) is 0 Å². The molecule has 0 saturated carbocycles. The fraction of sp³-hybridized carbons (Fsp3) is 0.333. The van der Waals surface area contributed by atoms with Gasteiger partial charge in [-0.25, -0.2) is 9.97 Å². The Bertz CT molecular complexity index is 1140. The molecule has 4 heterocycles. The number of hydrogen-bond acceptors (Lipinski definition) is 7. The van der Waals surface area contributed by atoms with Gasteiger partial charge in [-0.3, -0.25) is 9.30 Å². The van der Waals surface area contributed by atoms with Gasteiger partial charge in [0.2, 0.25) is 0 Å². The summed E-state index contributed by atoms with van der Waals surface area (Å²) in [5, 5.41) is 9.71. The molecule has 0 aliphatic carbocycles. The van der Waals surface area contributed by atoms with Crippen LogP contribution in [0.5, 0.6) is 0 Å². The number of nitrogens with zero attached hydrogens (tertiary/aromatic N) is 8. The minimum Gasteiger partial charge on any atom is -0.369 e. The lowest BCUT2D eigenvalue weighted by molar-refractivity contribution is 0.243. The summed E-state index contributed by atoms with van der Waals surface area (Å²) in [6.07, 6.45) is 3.66. The minimum absolute atomic E-state index is 0.815. The first kappa shape index (κ1) is 17.8. The summed E-state index contributed by atoms with van der Waals surface area (Å²) < 4.78 is 2.07. The third kappa shape index (κ3) is 3.36. The van der Waals surface area contributed by atoms with Crippen LogP contribution < -0.4 is 9.80 Å². The number of rotatable bonds is 4. The average Bonchev–Trinajstić information content (AvgIpc) is 3.16. The quantitative estimate of drug-likeness (QED) is 0.530. The van der Waals surface area contributed by atoms with Gasteiger partial charge in [-0.2, -0.15) is 0 Å². The van der Waals surface area contributed by atoms with E-state index in [0.29, 0.717) is 0 Å². The molecule has 29 heavy (non-hydrogen) atoms. The van der Waals surface area contributed by atoms with Crippen LogP contribution in [0.2, 0.25) is 0 Å². The topological polar surface area (TPSA) is 65.7 Å². The number of anilines is 2. The van der Waals surface area contributed by atoms with Crippen LogP contribution in [0.25, 0.3) is 16.6 Å². The van der Waals surface area contributed by atoms with E-state index in [-0.39, 0.29) is 0 Å². The highest BCUT2D eigenvalue weighted by molar-refractivity contribution is 5.91. The molecule has 0 atom stereocenters. The standard InChI is InChI=1S/C21H24N8/c1-26(2)21-17-13-16(6-7-18(17)22-15-23-21)28-11-9-27(10-12-28)14-20-25-24-19-5-3-4-8-29(19)20/h3-8,13,15H,9-12,14H2,1-2H3. The van der Waals surface area contributed by atoms with E-state index in [1.54, 1.807) is 6.33 Å². The highest BCUT2D eigenvalue weighted by Crippen LogP contribution is 2.27. The van der Waals surface area contributed by atoms with Crippen LogP contribution in [-0.2, 0) is 6.54 Å². The van der Waals surface area contributed by atoms with Crippen molar-refractivity contribution in [1.29, 1.82) is 0 Å². The van der Waals surface area contributed by atoms with E-state index in [4.69, 9.17) is 0 Å². The normalized spacial score (nSPS) is 15.3. The van der Waals surface area contributed by atoms with E-state index in [2.05, 4.69) is 52.6 Å². The summed E-state index contributed by atoms with van der Waals surface area (Å²) in [7, 11) is 4.03. The second-order valence-electron chi connectivity index (χ2n) is 7.60. The van der Waals surface area contributed by atoms with E-state index < -0.39 is 0 Å². The third-order valence-corrected chi connectivity index (χ3v) is 5.51.